The van der Waals surface area contributed by atoms with Crippen molar-refractivity contribution in [1.29, 1.82) is 0 Å². The Balaban J connectivity index is 1.64. The predicted octanol–water partition coefficient (Wildman–Crippen LogP) is 1.71. The minimum absolute atomic E-state index is 0.257. The normalized spacial score (nSPS) is 35.0. The average Bonchev–Trinajstić information content (AvgIpc) is 3.01. The Hall–Kier alpha value is -2.54. The molecule has 8 nitrogen and oxygen atoms in total. The lowest BCUT2D eigenvalue weighted by atomic mass is 9.53. The van der Waals surface area contributed by atoms with E-state index in [0.29, 0.717) is 17.5 Å². The quantitative estimate of drug-likeness (QED) is 0.218. The van der Waals surface area contributed by atoms with E-state index in [1.54, 1.807) is 6.07 Å². The van der Waals surface area contributed by atoms with Crippen LogP contribution in [-0.4, -0.2) is 54.4 Å². The molecule has 1 spiro atoms. The SMILES string of the molecule is CN1CC[C@]23c4c5ccc(OC(=O)CN=[N+]=[N-])c4O[C@H]2[C@@H](O)C=C[C@H]3[C@H]1C5. The number of nitrogens with zero attached hydrogens (tertiary/aromatic N) is 4. The lowest BCUT2D eigenvalue weighted by Crippen LogP contribution is -2.64. The maximum Gasteiger partial charge on any atom is 0.317 e. The van der Waals surface area contributed by atoms with Gasteiger partial charge in [0, 0.05) is 27.8 Å². The number of aliphatic hydroxyl groups is 1. The smallest absolute Gasteiger partial charge is 0.317 e. The molecule has 2 aliphatic carbocycles. The molecule has 0 radical (unpaired) electrons. The van der Waals surface area contributed by atoms with Gasteiger partial charge in [-0.2, -0.15) is 0 Å². The standard InChI is InChI=1S/C19H20N4O4/c1-23-7-6-19-11-3-4-13(24)18(19)27-17-14(26-15(25)9-21-22-20)5-2-10(16(17)19)8-12(11)23/h2-5,11-13,18,24H,6-9H2,1H3/t11-,12+,13-,18-,19-/m0/s1. The summed E-state index contributed by atoms with van der Waals surface area (Å²) in [7, 11) is 2.15. The van der Waals surface area contributed by atoms with Crippen molar-refractivity contribution in [1.82, 2.24) is 4.90 Å². The Kier molecular flexibility index (Phi) is 3.53. The van der Waals surface area contributed by atoms with Gasteiger partial charge in [0.05, 0.1) is 0 Å². The highest BCUT2D eigenvalue weighted by molar-refractivity contribution is 5.76. The van der Waals surface area contributed by atoms with Crippen LogP contribution in [0, 0.1) is 5.92 Å². The van der Waals surface area contributed by atoms with Crippen molar-refractivity contribution in [3.8, 4) is 11.5 Å². The highest BCUT2D eigenvalue weighted by Gasteiger charge is 2.64. The molecule has 2 bridgehead atoms. The molecule has 1 N–H and O–H groups in total. The summed E-state index contributed by atoms with van der Waals surface area (Å²) in [6.07, 6.45) is 4.68. The average molecular weight is 368 g/mol. The Morgan fingerprint density at radius 3 is 3.19 bits per heavy atom. The molecule has 1 saturated heterocycles. The topological polar surface area (TPSA) is 108 Å². The van der Waals surface area contributed by atoms with E-state index in [9.17, 15) is 9.90 Å². The van der Waals surface area contributed by atoms with Crippen LogP contribution in [0.1, 0.15) is 17.5 Å². The summed E-state index contributed by atoms with van der Waals surface area (Å²) in [5.41, 5.74) is 10.4. The number of azide groups is 1. The van der Waals surface area contributed by atoms with Crippen LogP contribution in [0.25, 0.3) is 10.4 Å². The van der Waals surface area contributed by atoms with Crippen LogP contribution in [0.5, 0.6) is 11.5 Å². The first-order valence-corrected chi connectivity index (χ1v) is 9.17. The molecule has 1 fully saturated rings. The number of esters is 1. The van der Waals surface area contributed by atoms with Gasteiger partial charge in [-0.25, -0.2) is 0 Å². The number of aliphatic hydroxyl groups excluding tert-OH is 1. The summed E-state index contributed by atoms with van der Waals surface area (Å²) in [5.74, 6) is 0.515. The van der Waals surface area contributed by atoms with E-state index in [2.05, 4.69) is 28.0 Å². The van der Waals surface area contributed by atoms with E-state index in [0.717, 1.165) is 24.9 Å². The third-order valence-electron chi connectivity index (χ3n) is 6.62. The number of likely N-dealkylation sites (N-methyl/N-ethyl adjacent to an activating group) is 1. The first kappa shape index (κ1) is 16.6. The Labute approximate surface area is 156 Å². The van der Waals surface area contributed by atoms with Crippen molar-refractivity contribution in [3.05, 3.63) is 45.9 Å². The summed E-state index contributed by atoms with van der Waals surface area (Å²) in [4.78, 5) is 16.9. The fraction of sp³-hybridized carbons (Fsp3) is 0.526. The highest BCUT2D eigenvalue weighted by Crippen LogP contribution is 2.62. The predicted molar refractivity (Wildman–Crippen MR) is 95.6 cm³/mol. The summed E-state index contributed by atoms with van der Waals surface area (Å²) in [6.45, 7) is 0.558. The second kappa shape index (κ2) is 5.73. The molecule has 8 heteroatoms. The number of rotatable bonds is 3. The van der Waals surface area contributed by atoms with E-state index in [4.69, 9.17) is 15.0 Å². The van der Waals surface area contributed by atoms with Crippen LogP contribution < -0.4 is 9.47 Å². The van der Waals surface area contributed by atoms with Gasteiger partial charge in [-0.3, -0.25) is 4.79 Å². The molecule has 0 unspecified atom stereocenters. The number of ether oxygens (including phenoxy) is 2. The van der Waals surface area contributed by atoms with Crippen molar-refractivity contribution in [3.63, 3.8) is 0 Å². The number of hydrogen-bond donors (Lipinski definition) is 1. The van der Waals surface area contributed by atoms with Crippen LogP contribution >= 0.6 is 0 Å². The maximum absolute atomic E-state index is 12.0. The van der Waals surface area contributed by atoms with Crippen LogP contribution in [-0.2, 0) is 16.6 Å². The van der Waals surface area contributed by atoms with Gasteiger partial charge in [0.2, 0.25) is 0 Å². The Morgan fingerprint density at radius 1 is 1.52 bits per heavy atom. The van der Waals surface area contributed by atoms with E-state index in [1.165, 1.54) is 5.56 Å². The maximum atomic E-state index is 12.0. The lowest BCUT2D eigenvalue weighted by molar-refractivity contribution is -0.132. The van der Waals surface area contributed by atoms with Crippen molar-refractivity contribution in [2.75, 3.05) is 20.1 Å². The molecule has 0 saturated carbocycles. The molecule has 4 aliphatic rings. The molecule has 0 aromatic heterocycles. The van der Waals surface area contributed by atoms with Crippen molar-refractivity contribution in [2.45, 2.75) is 36.5 Å². The summed E-state index contributed by atoms with van der Waals surface area (Å²) in [5, 5.41) is 13.9. The molecular formula is C19H20N4O4. The van der Waals surface area contributed by atoms with Gasteiger partial charge in [0.15, 0.2) is 11.5 Å². The third kappa shape index (κ3) is 2.12. The van der Waals surface area contributed by atoms with Gasteiger partial charge in [0.25, 0.3) is 0 Å². The third-order valence-corrected chi connectivity index (χ3v) is 6.62. The minimum atomic E-state index is -0.699. The number of hydrogen-bond acceptors (Lipinski definition) is 6. The van der Waals surface area contributed by atoms with Gasteiger partial charge >= 0.3 is 5.97 Å². The highest BCUT2D eigenvalue weighted by atomic mass is 16.6. The fourth-order valence-electron chi connectivity index (χ4n) is 5.55. The van der Waals surface area contributed by atoms with Gasteiger partial charge in [0.1, 0.15) is 18.8 Å². The molecule has 5 atom stereocenters. The van der Waals surface area contributed by atoms with Gasteiger partial charge in [-0.15, -0.1) is 0 Å². The van der Waals surface area contributed by atoms with Crippen LogP contribution in [0.2, 0.25) is 0 Å². The second-order valence-electron chi connectivity index (χ2n) is 7.77. The van der Waals surface area contributed by atoms with Crippen molar-refractivity contribution >= 4 is 5.97 Å². The number of piperidine rings is 1. The van der Waals surface area contributed by atoms with E-state index in [-0.39, 0.29) is 24.0 Å². The van der Waals surface area contributed by atoms with Crippen LogP contribution in [0.15, 0.2) is 29.4 Å². The zero-order valence-corrected chi connectivity index (χ0v) is 14.9. The molecule has 140 valence electrons. The molecule has 5 rings (SSSR count). The minimum Gasteiger partial charge on any atom is -0.482 e. The van der Waals surface area contributed by atoms with Gasteiger partial charge in [-0.05, 0) is 43.6 Å². The van der Waals surface area contributed by atoms with E-state index >= 15 is 0 Å². The van der Waals surface area contributed by atoms with E-state index < -0.39 is 12.1 Å². The molecule has 27 heavy (non-hydrogen) atoms. The zero-order chi connectivity index (χ0) is 18.8. The Morgan fingerprint density at radius 2 is 2.37 bits per heavy atom. The largest absolute Gasteiger partial charge is 0.482 e. The summed E-state index contributed by atoms with van der Waals surface area (Å²) in [6, 6.07) is 4.10. The zero-order valence-electron chi connectivity index (χ0n) is 14.9. The first-order valence-electron chi connectivity index (χ1n) is 9.17. The summed E-state index contributed by atoms with van der Waals surface area (Å²) < 4.78 is 11.7. The van der Waals surface area contributed by atoms with Gasteiger partial charge < -0.3 is 19.5 Å². The monoisotopic (exact) mass is 368 g/mol. The Bertz CT molecular complexity index is 909. The molecule has 1 aromatic rings. The molecule has 0 amide bonds. The van der Waals surface area contributed by atoms with Gasteiger partial charge in [-0.1, -0.05) is 23.3 Å². The van der Waals surface area contributed by atoms with Crippen molar-refractivity contribution < 1.29 is 19.4 Å². The molecule has 2 aliphatic heterocycles. The second-order valence-corrected chi connectivity index (χ2v) is 7.77. The van der Waals surface area contributed by atoms with E-state index in [1.807, 2.05) is 12.1 Å². The lowest BCUT2D eigenvalue weighted by Gasteiger charge is -2.56. The molecule has 1 aromatic carbocycles. The first-order chi connectivity index (χ1) is 13.1. The number of benzene rings is 1. The van der Waals surface area contributed by atoms with Crippen molar-refractivity contribution in [2.24, 2.45) is 11.0 Å². The molecular weight excluding hydrogens is 348 g/mol. The molecule has 2 heterocycles. The van der Waals surface area contributed by atoms with Crippen LogP contribution in [0.4, 0.5) is 0 Å². The number of likely N-dealkylation sites (tertiary alicyclic amines) is 1. The number of carbonyl (C=O) groups is 1. The summed E-state index contributed by atoms with van der Waals surface area (Å²) >= 11 is 0. The van der Waals surface area contributed by atoms with Crippen LogP contribution in [0.3, 0.4) is 0 Å². The fourth-order valence-corrected chi connectivity index (χ4v) is 5.55. The number of carbonyl (C=O) groups excluding carboxylic acids is 1.